The molecule has 5 heteroatoms. The Morgan fingerprint density at radius 2 is 1.88 bits per heavy atom. The standard InChI is InChI=1S/C19H31N3OS/c1-19(2,24)17-7-4-6-16(14-17)15-22-12-10-21(11-13-22)9-5-8-18(23)20-3/h4,6-7,14,24H,5,8-13,15H2,1-3H3,(H,20,23). The van der Waals surface area contributed by atoms with E-state index in [0.717, 1.165) is 45.7 Å². The van der Waals surface area contributed by atoms with Gasteiger partial charge in [-0.1, -0.05) is 24.3 Å². The molecule has 0 radical (unpaired) electrons. The highest BCUT2D eigenvalue weighted by molar-refractivity contribution is 7.81. The molecule has 2 rings (SSSR count). The lowest BCUT2D eigenvalue weighted by Crippen LogP contribution is -2.46. The summed E-state index contributed by atoms with van der Waals surface area (Å²) >= 11 is 4.67. The van der Waals surface area contributed by atoms with Crippen LogP contribution in [0.3, 0.4) is 0 Å². The van der Waals surface area contributed by atoms with Crippen LogP contribution in [0.4, 0.5) is 0 Å². The van der Waals surface area contributed by atoms with Crippen molar-refractivity contribution in [3.05, 3.63) is 35.4 Å². The van der Waals surface area contributed by atoms with E-state index in [2.05, 4.69) is 65.9 Å². The molecule has 0 bridgehead atoms. The maximum Gasteiger partial charge on any atom is 0.219 e. The second kappa shape index (κ2) is 8.88. The van der Waals surface area contributed by atoms with E-state index in [1.165, 1.54) is 11.1 Å². The van der Waals surface area contributed by atoms with Crippen molar-refractivity contribution in [1.29, 1.82) is 0 Å². The zero-order chi connectivity index (χ0) is 17.6. The maximum atomic E-state index is 11.3. The topological polar surface area (TPSA) is 35.6 Å². The summed E-state index contributed by atoms with van der Waals surface area (Å²) in [6.07, 6.45) is 1.57. The summed E-state index contributed by atoms with van der Waals surface area (Å²) in [5, 5.41) is 2.68. The molecule has 1 fully saturated rings. The van der Waals surface area contributed by atoms with Crippen LogP contribution < -0.4 is 5.32 Å². The van der Waals surface area contributed by atoms with E-state index in [1.54, 1.807) is 7.05 Å². The number of nitrogens with zero attached hydrogens (tertiary/aromatic N) is 2. The molecule has 0 atom stereocenters. The Balaban J connectivity index is 1.76. The van der Waals surface area contributed by atoms with Crippen molar-refractivity contribution in [2.75, 3.05) is 39.8 Å². The van der Waals surface area contributed by atoms with Gasteiger partial charge in [-0.15, -0.1) is 0 Å². The van der Waals surface area contributed by atoms with Crippen molar-refractivity contribution >= 4 is 18.5 Å². The van der Waals surface area contributed by atoms with E-state index >= 15 is 0 Å². The van der Waals surface area contributed by atoms with Crippen LogP contribution in [0.5, 0.6) is 0 Å². The van der Waals surface area contributed by atoms with Crippen LogP contribution in [-0.2, 0) is 16.1 Å². The number of nitrogens with one attached hydrogen (secondary N) is 1. The van der Waals surface area contributed by atoms with Crippen LogP contribution in [-0.4, -0.2) is 55.5 Å². The number of carbonyl (C=O) groups excluding carboxylic acids is 1. The molecule has 0 aliphatic carbocycles. The number of amides is 1. The zero-order valence-corrected chi connectivity index (χ0v) is 16.1. The molecule has 0 spiro atoms. The minimum atomic E-state index is -0.0977. The van der Waals surface area contributed by atoms with Crippen LogP contribution in [0.2, 0.25) is 0 Å². The fourth-order valence-electron chi connectivity index (χ4n) is 3.07. The molecule has 1 N–H and O–H groups in total. The van der Waals surface area contributed by atoms with Crippen molar-refractivity contribution < 1.29 is 4.79 Å². The predicted octanol–water partition coefficient (Wildman–Crippen LogP) is 2.50. The van der Waals surface area contributed by atoms with E-state index in [9.17, 15) is 4.79 Å². The third-order valence-corrected chi connectivity index (χ3v) is 4.92. The van der Waals surface area contributed by atoms with Gasteiger partial charge in [-0.2, -0.15) is 12.6 Å². The van der Waals surface area contributed by atoms with Gasteiger partial charge in [0.05, 0.1) is 0 Å². The fourth-order valence-corrected chi connectivity index (χ4v) is 3.21. The summed E-state index contributed by atoms with van der Waals surface area (Å²) in [7, 11) is 1.70. The molecule has 0 unspecified atom stereocenters. The van der Waals surface area contributed by atoms with Crippen LogP contribution in [0, 0.1) is 0 Å². The molecule has 1 aliphatic rings. The van der Waals surface area contributed by atoms with Crippen LogP contribution in [0.15, 0.2) is 24.3 Å². The average molecular weight is 350 g/mol. The second-order valence-corrected chi connectivity index (χ2v) is 8.27. The molecule has 1 saturated heterocycles. The summed E-state index contributed by atoms with van der Waals surface area (Å²) in [6, 6.07) is 8.78. The van der Waals surface area contributed by atoms with Crippen molar-refractivity contribution in [3.8, 4) is 0 Å². The van der Waals surface area contributed by atoms with Gasteiger partial charge in [0.25, 0.3) is 0 Å². The molecule has 1 amide bonds. The zero-order valence-electron chi connectivity index (χ0n) is 15.2. The van der Waals surface area contributed by atoms with Crippen molar-refractivity contribution in [2.45, 2.75) is 38.0 Å². The molecule has 1 aromatic carbocycles. The van der Waals surface area contributed by atoms with Gasteiger partial charge in [-0.25, -0.2) is 0 Å². The minimum Gasteiger partial charge on any atom is -0.359 e. The Kier molecular flexibility index (Phi) is 7.14. The first-order chi connectivity index (χ1) is 11.4. The molecule has 4 nitrogen and oxygen atoms in total. The highest BCUT2D eigenvalue weighted by Gasteiger charge is 2.18. The lowest BCUT2D eigenvalue weighted by atomic mass is 9.99. The molecule has 1 aromatic rings. The van der Waals surface area contributed by atoms with Crippen LogP contribution >= 0.6 is 12.6 Å². The summed E-state index contributed by atoms with van der Waals surface area (Å²) in [4.78, 5) is 16.2. The van der Waals surface area contributed by atoms with Crippen molar-refractivity contribution in [1.82, 2.24) is 15.1 Å². The Morgan fingerprint density at radius 1 is 1.21 bits per heavy atom. The minimum absolute atomic E-state index is 0.0977. The van der Waals surface area contributed by atoms with E-state index in [1.807, 2.05) is 0 Å². The Labute approximate surface area is 152 Å². The van der Waals surface area contributed by atoms with E-state index in [0.29, 0.717) is 6.42 Å². The number of hydrogen-bond donors (Lipinski definition) is 2. The molecule has 1 aliphatic heterocycles. The number of benzene rings is 1. The smallest absolute Gasteiger partial charge is 0.219 e. The quantitative estimate of drug-likeness (QED) is 0.743. The number of carbonyl (C=O) groups is 1. The first kappa shape index (κ1) is 19.3. The molecule has 0 aromatic heterocycles. The maximum absolute atomic E-state index is 11.3. The molecule has 24 heavy (non-hydrogen) atoms. The van der Waals surface area contributed by atoms with Gasteiger partial charge < -0.3 is 10.2 Å². The van der Waals surface area contributed by atoms with Gasteiger partial charge in [0.15, 0.2) is 0 Å². The molecule has 134 valence electrons. The first-order valence-electron chi connectivity index (χ1n) is 8.85. The Hall–Kier alpha value is -1.04. The average Bonchev–Trinajstić information content (AvgIpc) is 2.56. The molecular formula is C19H31N3OS. The van der Waals surface area contributed by atoms with Gasteiger partial charge in [0.2, 0.25) is 5.91 Å². The monoisotopic (exact) mass is 349 g/mol. The van der Waals surface area contributed by atoms with Crippen LogP contribution in [0.25, 0.3) is 0 Å². The van der Waals surface area contributed by atoms with Crippen LogP contribution in [0.1, 0.15) is 37.8 Å². The van der Waals surface area contributed by atoms with Gasteiger partial charge >= 0.3 is 0 Å². The Bertz CT molecular complexity index is 534. The summed E-state index contributed by atoms with van der Waals surface area (Å²) in [6.45, 7) is 10.6. The van der Waals surface area contributed by atoms with Crippen molar-refractivity contribution in [3.63, 3.8) is 0 Å². The second-order valence-electron chi connectivity index (χ2n) is 7.15. The van der Waals surface area contributed by atoms with Gasteiger partial charge in [-0.05, 0) is 37.9 Å². The Morgan fingerprint density at radius 3 is 2.50 bits per heavy atom. The number of thiol groups is 1. The predicted molar refractivity (Wildman–Crippen MR) is 103 cm³/mol. The van der Waals surface area contributed by atoms with E-state index in [4.69, 9.17) is 0 Å². The fraction of sp³-hybridized carbons (Fsp3) is 0.632. The third kappa shape index (κ3) is 6.11. The SMILES string of the molecule is CNC(=O)CCCN1CCN(Cc2cccc(C(C)(C)S)c2)CC1. The number of piperazine rings is 1. The van der Waals surface area contributed by atoms with Gasteiger partial charge in [0, 0.05) is 50.9 Å². The molecule has 0 saturated carbocycles. The number of hydrogen-bond acceptors (Lipinski definition) is 4. The third-order valence-electron chi connectivity index (χ3n) is 4.66. The summed E-state index contributed by atoms with van der Waals surface area (Å²) in [5.41, 5.74) is 2.64. The highest BCUT2D eigenvalue weighted by atomic mass is 32.1. The molecule has 1 heterocycles. The van der Waals surface area contributed by atoms with E-state index < -0.39 is 0 Å². The van der Waals surface area contributed by atoms with E-state index in [-0.39, 0.29) is 10.7 Å². The molecular weight excluding hydrogens is 318 g/mol. The largest absolute Gasteiger partial charge is 0.359 e. The first-order valence-corrected chi connectivity index (χ1v) is 9.30. The van der Waals surface area contributed by atoms with Gasteiger partial charge in [-0.3, -0.25) is 9.69 Å². The highest BCUT2D eigenvalue weighted by Crippen LogP contribution is 2.27. The lowest BCUT2D eigenvalue weighted by Gasteiger charge is -2.34. The lowest BCUT2D eigenvalue weighted by molar-refractivity contribution is -0.120. The summed E-state index contributed by atoms with van der Waals surface area (Å²) < 4.78 is -0.0977. The van der Waals surface area contributed by atoms with Crippen molar-refractivity contribution in [2.24, 2.45) is 0 Å². The number of rotatable bonds is 7. The summed E-state index contributed by atoms with van der Waals surface area (Å²) in [5.74, 6) is 0.139. The van der Waals surface area contributed by atoms with Gasteiger partial charge in [0.1, 0.15) is 0 Å². The normalized spacial score (nSPS) is 17.0.